The summed E-state index contributed by atoms with van der Waals surface area (Å²) in [5, 5.41) is 16.0. The third-order valence-electron chi connectivity index (χ3n) is 13.0. The zero-order valence-corrected chi connectivity index (χ0v) is 56.1. The van der Waals surface area contributed by atoms with Gasteiger partial charge in [0, 0.05) is 58.3 Å². The van der Waals surface area contributed by atoms with E-state index in [0.717, 1.165) is 73.4 Å². The number of carboxylic acid groups (broad SMARTS) is 1. The van der Waals surface area contributed by atoms with Crippen LogP contribution in [0.3, 0.4) is 0 Å². The number of carbonyl (C=O) groups is 5. The maximum Gasteiger partial charge on any atom is 0.348 e. The van der Waals surface area contributed by atoms with Gasteiger partial charge in [0.2, 0.25) is 0 Å². The van der Waals surface area contributed by atoms with Crippen molar-refractivity contribution in [3.8, 4) is 45.6 Å². The Kier molecular flexibility index (Phi) is 31.3. The Morgan fingerprint density at radius 2 is 0.853 bits per heavy atom. The minimum Gasteiger partial charge on any atom is -0.500 e. The van der Waals surface area contributed by atoms with Crippen LogP contribution in [0.25, 0.3) is 45.6 Å². The Labute approximate surface area is 553 Å². The van der Waals surface area contributed by atoms with Crippen LogP contribution in [-0.4, -0.2) is 114 Å². The van der Waals surface area contributed by atoms with E-state index in [4.69, 9.17) is 30.5 Å². The van der Waals surface area contributed by atoms with Crippen LogP contribution in [0.15, 0.2) is 163 Å². The van der Waals surface area contributed by atoms with Crippen molar-refractivity contribution in [2.24, 2.45) is 5.73 Å². The molecule has 22 nitrogen and oxygen atoms in total. The van der Waals surface area contributed by atoms with Crippen LogP contribution >= 0.6 is 0 Å². The topological polar surface area (TPSA) is 325 Å². The Morgan fingerprint density at radius 1 is 0.474 bits per heavy atom. The van der Waals surface area contributed by atoms with Crippen molar-refractivity contribution >= 4 is 35.7 Å². The first-order valence-corrected chi connectivity index (χ1v) is 30.3. The molecule has 0 unspecified atom stereocenters. The molecule has 9 rings (SSSR count). The number of carbonyl (C=O) groups excluding carboxylic acids is 4. The molecule has 5 N–H and O–H groups in total. The molecule has 0 amide bonds. The molecule has 0 atom stereocenters. The largest absolute Gasteiger partial charge is 0.500 e. The molecule has 0 saturated carbocycles. The third kappa shape index (κ3) is 25.0. The average Bonchev–Trinajstić information content (AvgIpc) is 1.15. The molecule has 0 aliphatic rings. The Morgan fingerprint density at radius 3 is 1.22 bits per heavy atom. The van der Waals surface area contributed by atoms with Gasteiger partial charge in [0.25, 0.3) is 5.56 Å². The minimum absolute atomic E-state index is 0.0850. The summed E-state index contributed by atoms with van der Waals surface area (Å²) in [6, 6.07) is 39.1. The molecule has 95 heavy (non-hydrogen) atoms. The van der Waals surface area contributed by atoms with Crippen molar-refractivity contribution in [2.75, 3.05) is 33.0 Å². The number of aromatic nitrogens is 8. The van der Waals surface area contributed by atoms with E-state index in [1.807, 2.05) is 157 Å². The smallest absolute Gasteiger partial charge is 0.348 e. The molecule has 0 spiro atoms. The van der Waals surface area contributed by atoms with Crippen LogP contribution in [-0.2, 0) is 33.3 Å². The number of H-pyrrole nitrogens is 1. The number of benzene rings is 5. The van der Waals surface area contributed by atoms with Crippen molar-refractivity contribution in [3.05, 3.63) is 241 Å². The van der Waals surface area contributed by atoms with Gasteiger partial charge in [-0.15, -0.1) is 0 Å². The van der Waals surface area contributed by atoms with Crippen LogP contribution in [0.5, 0.6) is 0 Å². The van der Waals surface area contributed by atoms with Crippen LogP contribution in [0.2, 0.25) is 0 Å². The van der Waals surface area contributed by atoms with Gasteiger partial charge in [-0.3, -0.25) is 10.2 Å². The summed E-state index contributed by atoms with van der Waals surface area (Å²) in [7, 11) is 0. The van der Waals surface area contributed by atoms with E-state index in [0.29, 0.717) is 47.6 Å². The number of hydrogen-bond donors (Lipinski definition) is 4. The number of carboxylic acids is 1. The molecular weight excluding hydrogens is 1210 g/mol. The summed E-state index contributed by atoms with van der Waals surface area (Å²) in [5.41, 5.74) is 18.5. The molecule has 496 valence electrons. The Bertz CT molecular complexity index is 4170. The predicted molar refractivity (Wildman–Crippen MR) is 365 cm³/mol. The number of nitrogens with two attached hydrogens (primary N) is 1. The summed E-state index contributed by atoms with van der Waals surface area (Å²) >= 11 is 0. The van der Waals surface area contributed by atoms with Gasteiger partial charge in [-0.25, -0.2) is 58.9 Å². The number of amidine groups is 1. The van der Waals surface area contributed by atoms with E-state index >= 15 is 0 Å². The van der Waals surface area contributed by atoms with E-state index in [9.17, 15) is 28.8 Å². The van der Waals surface area contributed by atoms with Gasteiger partial charge in [-0.1, -0.05) is 119 Å². The van der Waals surface area contributed by atoms with Gasteiger partial charge in [-0.2, -0.15) is 0 Å². The molecule has 0 radical (unpaired) electrons. The number of nitrogens with one attached hydrogen (secondary N) is 2. The summed E-state index contributed by atoms with van der Waals surface area (Å²) in [6.45, 7) is 27.3. The number of aromatic amines is 1. The summed E-state index contributed by atoms with van der Waals surface area (Å²) in [5.74, 6) is -0.965. The lowest BCUT2D eigenvalue weighted by Crippen LogP contribution is -2.20. The number of ether oxygens (including phenoxy) is 5. The molecule has 4 heterocycles. The predicted octanol–water partition coefficient (Wildman–Crippen LogP) is 12.7. The molecular formula is C73H82N10O12. The van der Waals surface area contributed by atoms with Gasteiger partial charge >= 0.3 is 29.8 Å². The van der Waals surface area contributed by atoms with E-state index in [1.165, 1.54) is 24.2 Å². The van der Waals surface area contributed by atoms with Crippen molar-refractivity contribution in [1.29, 1.82) is 5.41 Å². The fourth-order valence-electron chi connectivity index (χ4n) is 8.12. The summed E-state index contributed by atoms with van der Waals surface area (Å²) in [6.07, 6.45) is 7.06. The van der Waals surface area contributed by atoms with E-state index in [-0.39, 0.29) is 48.3 Å². The number of aromatic carboxylic acids is 1. The maximum atomic E-state index is 11.8. The summed E-state index contributed by atoms with van der Waals surface area (Å²) in [4.78, 5) is 101. The maximum absolute atomic E-state index is 11.8. The van der Waals surface area contributed by atoms with Crippen LogP contribution in [0.4, 0.5) is 0 Å². The second kappa shape index (κ2) is 39.1. The molecule has 0 saturated heterocycles. The lowest BCUT2D eigenvalue weighted by atomic mass is 10.1. The highest BCUT2D eigenvalue weighted by Gasteiger charge is 2.22. The molecule has 0 bridgehead atoms. The van der Waals surface area contributed by atoms with Crippen LogP contribution in [0, 0.1) is 67.7 Å². The monoisotopic (exact) mass is 1290 g/mol. The first kappa shape index (κ1) is 76.0. The fraction of sp³-hybridized carbons (Fsp3) is 0.260. The molecule has 0 aliphatic carbocycles. The molecule has 9 aromatic rings. The molecule has 0 fully saturated rings. The quantitative estimate of drug-likeness (QED) is 0.0102. The van der Waals surface area contributed by atoms with Gasteiger partial charge in [-0.05, 0) is 133 Å². The lowest BCUT2D eigenvalue weighted by Gasteiger charge is -2.07. The van der Waals surface area contributed by atoms with Crippen molar-refractivity contribution in [2.45, 2.75) is 96.9 Å². The fourth-order valence-corrected chi connectivity index (χ4v) is 8.12. The zero-order valence-electron chi connectivity index (χ0n) is 56.1. The van der Waals surface area contributed by atoms with Crippen LogP contribution in [0.1, 0.15) is 122 Å². The SMILES string of the molecule is CCOC(=O)c1cnc(-c2cccc(C)c2)[nH]c1=O.CCOC(=O)c1cnc(-c2cccc(C)c2)nc1C.CCOC=C(C(=O)OCC)C(=O)OCC.Cc1cccc(-c2ncc(C(=O)O)c(C)n2)c1.Cc1cccc(-c2ncc(C)c(C)n2)c1.Cc1cccc(C(=N)N)c1. The normalized spacial score (nSPS) is 9.96. The average molecular weight is 1290 g/mol. The lowest BCUT2D eigenvalue weighted by molar-refractivity contribution is -0.146. The first-order valence-electron chi connectivity index (χ1n) is 30.3. The van der Waals surface area contributed by atoms with E-state index in [1.54, 1.807) is 48.5 Å². The molecule has 5 aromatic carbocycles. The first-order chi connectivity index (χ1) is 45.3. The van der Waals surface area contributed by atoms with Gasteiger partial charge in [0.15, 0.2) is 23.0 Å². The van der Waals surface area contributed by atoms with Crippen molar-refractivity contribution < 1.29 is 52.8 Å². The number of esters is 4. The van der Waals surface area contributed by atoms with Crippen molar-refractivity contribution in [3.63, 3.8) is 0 Å². The second-order valence-electron chi connectivity index (χ2n) is 20.8. The highest BCUT2D eigenvalue weighted by Crippen LogP contribution is 2.21. The standard InChI is InChI=1S/C15H16N2O2.C14H14N2O3.C13H12N2O2.C13H14N2.C10H16O5.C8H10N2/c1-4-19-15(18)13-9-16-14(17-11(13)3)12-7-5-6-10(2)8-12;1-3-19-14(18)11-8-15-12(16-13(11)17)10-6-4-5-9(2)7-10;1-8-4-3-5-10(6-8)12-14-7-11(13(16)17)9(2)15-12;1-9-5-4-6-12(7-9)13-14-8-10(2)11(3)15-13;1-4-13-7-8(9(11)14-5-2)10(12)15-6-3;1-6-3-2-4-7(5-6)8(9)10/h5-9H,4H2,1-3H3;4-8H,3H2,1-2H3,(H,15,16,17);3-7H,1-2H3,(H,16,17);4-8H,1-3H3;7H,4-6H2,1-3H3;2-5H,1H3,(H3,9,10). The molecule has 22 heteroatoms. The van der Waals surface area contributed by atoms with Gasteiger partial charge in [0.1, 0.15) is 23.5 Å². The Hall–Kier alpha value is -11.4. The highest BCUT2D eigenvalue weighted by molar-refractivity contribution is 6.13. The number of rotatable bonds is 16. The van der Waals surface area contributed by atoms with E-state index < -0.39 is 29.4 Å². The van der Waals surface area contributed by atoms with Gasteiger partial charge in [0.05, 0.1) is 55.5 Å². The minimum atomic E-state index is -1.00. The zero-order chi connectivity index (χ0) is 70.1. The number of hydrogen-bond acceptors (Lipinski definition) is 19. The van der Waals surface area contributed by atoms with E-state index in [2.05, 4.69) is 68.4 Å². The molecule has 0 aliphatic heterocycles. The third-order valence-corrected chi connectivity index (χ3v) is 13.0. The Balaban J connectivity index is 0.000000245. The number of nitrogen functional groups attached to an aromatic ring is 1. The number of aryl methyl sites for hydroxylation is 9. The summed E-state index contributed by atoms with van der Waals surface area (Å²) < 4.78 is 24.0. The van der Waals surface area contributed by atoms with Crippen LogP contribution < -0.4 is 11.3 Å². The van der Waals surface area contributed by atoms with Crippen molar-refractivity contribution in [1.82, 2.24) is 39.9 Å². The second-order valence-corrected chi connectivity index (χ2v) is 20.8. The van der Waals surface area contributed by atoms with Gasteiger partial charge < -0.3 is 39.5 Å². The molecule has 4 aromatic heterocycles. The number of nitrogens with zero attached hydrogens (tertiary/aromatic N) is 7. The highest BCUT2D eigenvalue weighted by atomic mass is 16.6.